The van der Waals surface area contributed by atoms with Gasteiger partial charge in [0.2, 0.25) is 5.91 Å². The number of fused-ring (bicyclic) bond motifs is 1. The number of piperazine rings is 1. The number of rotatable bonds is 6. The first-order valence-corrected chi connectivity index (χ1v) is 11.7. The molecule has 1 atom stereocenters. The lowest BCUT2D eigenvalue weighted by Gasteiger charge is -2.35. The van der Waals surface area contributed by atoms with Gasteiger partial charge in [0.15, 0.2) is 5.16 Å². The van der Waals surface area contributed by atoms with E-state index in [1.54, 1.807) is 17.7 Å². The SMILES string of the molecule is CCN1CCN(C(=O)C(C)Sc2nc3ccccc3c(=O)n2-c2ccccc2OC)CC1. The highest BCUT2D eigenvalue weighted by Crippen LogP contribution is 2.29. The molecule has 1 aliphatic heterocycles. The van der Waals surface area contributed by atoms with Gasteiger partial charge in [0, 0.05) is 26.2 Å². The van der Waals surface area contributed by atoms with Crippen molar-refractivity contribution in [2.75, 3.05) is 39.8 Å². The van der Waals surface area contributed by atoms with Gasteiger partial charge < -0.3 is 14.5 Å². The minimum Gasteiger partial charge on any atom is -0.495 e. The molecule has 0 aliphatic carbocycles. The van der Waals surface area contributed by atoms with Crippen molar-refractivity contribution in [3.63, 3.8) is 0 Å². The molecule has 1 saturated heterocycles. The molecule has 1 aromatic heterocycles. The van der Waals surface area contributed by atoms with Gasteiger partial charge in [-0.1, -0.05) is 43.0 Å². The van der Waals surface area contributed by atoms with Crippen LogP contribution in [0.5, 0.6) is 5.75 Å². The lowest BCUT2D eigenvalue weighted by Crippen LogP contribution is -2.50. The van der Waals surface area contributed by atoms with Crippen LogP contribution in [0.4, 0.5) is 0 Å². The zero-order chi connectivity index (χ0) is 22.7. The highest BCUT2D eigenvalue weighted by atomic mass is 32.2. The fourth-order valence-electron chi connectivity index (χ4n) is 3.97. The van der Waals surface area contributed by atoms with Crippen molar-refractivity contribution in [3.05, 3.63) is 58.9 Å². The zero-order valence-electron chi connectivity index (χ0n) is 18.7. The molecule has 2 aromatic carbocycles. The topological polar surface area (TPSA) is 67.7 Å². The molecular weight excluding hydrogens is 424 g/mol. The van der Waals surface area contributed by atoms with Gasteiger partial charge in [-0.05, 0) is 37.7 Å². The predicted octanol–water partition coefficient (Wildman–Crippen LogP) is 3.04. The van der Waals surface area contributed by atoms with Gasteiger partial charge in [-0.2, -0.15) is 0 Å². The summed E-state index contributed by atoms with van der Waals surface area (Å²) < 4.78 is 7.07. The van der Waals surface area contributed by atoms with Crippen LogP contribution in [0, 0.1) is 0 Å². The van der Waals surface area contributed by atoms with Gasteiger partial charge >= 0.3 is 0 Å². The predicted molar refractivity (Wildman–Crippen MR) is 128 cm³/mol. The van der Waals surface area contributed by atoms with Gasteiger partial charge in [-0.15, -0.1) is 0 Å². The number of benzene rings is 2. The maximum atomic E-state index is 13.5. The third-order valence-electron chi connectivity index (χ3n) is 5.83. The zero-order valence-corrected chi connectivity index (χ0v) is 19.5. The molecule has 0 N–H and O–H groups in total. The molecule has 0 radical (unpaired) electrons. The average Bonchev–Trinajstić information content (AvgIpc) is 2.84. The molecule has 1 fully saturated rings. The Kier molecular flexibility index (Phi) is 6.81. The van der Waals surface area contributed by atoms with Crippen molar-refractivity contribution in [2.45, 2.75) is 24.3 Å². The Morgan fingerprint density at radius 2 is 1.78 bits per heavy atom. The number of likely N-dealkylation sites (N-methyl/N-ethyl adjacent to an activating group) is 1. The van der Waals surface area contributed by atoms with Crippen LogP contribution in [0.1, 0.15) is 13.8 Å². The molecule has 8 heteroatoms. The van der Waals surface area contributed by atoms with Crippen LogP contribution in [-0.4, -0.2) is 70.3 Å². The summed E-state index contributed by atoms with van der Waals surface area (Å²) in [5, 5.41) is 0.626. The summed E-state index contributed by atoms with van der Waals surface area (Å²) in [6, 6.07) is 14.6. The minimum absolute atomic E-state index is 0.0692. The summed E-state index contributed by atoms with van der Waals surface area (Å²) in [6.45, 7) is 8.24. The summed E-state index contributed by atoms with van der Waals surface area (Å²) in [7, 11) is 1.58. The molecule has 7 nitrogen and oxygen atoms in total. The van der Waals surface area contributed by atoms with Crippen molar-refractivity contribution in [3.8, 4) is 11.4 Å². The molecule has 4 rings (SSSR count). The van der Waals surface area contributed by atoms with Gasteiger partial charge in [-0.3, -0.25) is 14.2 Å². The number of carbonyl (C=O) groups excluding carboxylic acids is 1. The monoisotopic (exact) mass is 452 g/mol. The molecule has 32 heavy (non-hydrogen) atoms. The highest BCUT2D eigenvalue weighted by molar-refractivity contribution is 8.00. The maximum absolute atomic E-state index is 13.5. The van der Waals surface area contributed by atoms with Crippen LogP contribution < -0.4 is 10.3 Å². The first-order valence-electron chi connectivity index (χ1n) is 10.9. The van der Waals surface area contributed by atoms with Crippen LogP contribution in [0.15, 0.2) is 58.5 Å². The second kappa shape index (κ2) is 9.75. The number of carbonyl (C=O) groups is 1. The lowest BCUT2D eigenvalue weighted by atomic mass is 10.2. The molecule has 1 unspecified atom stereocenters. The first-order chi connectivity index (χ1) is 15.5. The van der Waals surface area contributed by atoms with Crippen molar-refractivity contribution < 1.29 is 9.53 Å². The van der Waals surface area contributed by atoms with Crippen molar-refractivity contribution in [2.24, 2.45) is 0 Å². The summed E-state index contributed by atoms with van der Waals surface area (Å²) in [6.07, 6.45) is 0. The van der Waals surface area contributed by atoms with E-state index in [1.807, 2.05) is 54.3 Å². The molecule has 2 heterocycles. The van der Waals surface area contributed by atoms with Crippen molar-refractivity contribution >= 4 is 28.6 Å². The minimum atomic E-state index is -0.378. The summed E-state index contributed by atoms with van der Waals surface area (Å²) in [5.41, 5.74) is 1.04. The van der Waals surface area contributed by atoms with E-state index in [0.717, 1.165) is 32.7 Å². The fraction of sp³-hybridized carbons (Fsp3) is 0.375. The van der Waals surface area contributed by atoms with Crippen LogP contribution >= 0.6 is 11.8 Å². The Bertz CT molecular complexity index is 1170. The summed E-state index contributed by atoms with van der Waals surface area (Å²) >= 11 is 1.31. The molecule has 3 aromatic rings. The fourth-order valence-corrected chi connectivity index (χ4v) is 4.97. The Morgan fingerprint density at radius 1 is 1.09 bits per heavy atom. The van der Waals surface area contributed by atoms with Gasteiger partial charge in [0.25, 0.3) is 5.56 Å². The van der Waals surface area contributed by atoms with Crippen molar-refractivity contribution in [1.82, 2.24) is 19.4 Å². The van der Waals surface area contributed by atoms with E-state index in [1.165, 1.54) is 11.8 Å². The quantitative estimate of drug-likeness (QED) is 0.423. The number of aromatic nitrogens is 2. The average molecular weight is 453 g/mol. The van der Waals surface area contributed by atoms with Crippen LogP contribution in [-0.2, 0) is 4.79 Å². The molecular formula is C24H28N4O3S. The molecule has 1 aliphatic rings. The number of nitrogens with zero attached hydrogens (tertiary/aromatic N) is 4. The van der Waals surface area contributed by atoms with E-state index in [2.05, 4.69) is 11.8 Å². The van der Waals surface area contributed by atoms with E-state index in [-0.39, 0.29) is 16.7 Å². The van der Waals surface area contributed by atoms with E-state index >= 15 is 0 Å². The maximum Gasteiger partial charge on any atom is 0.266 e. The molecule has 0 saturated carbocycles. The Balaban J connectivity index is 1.72. The number of ether oxygens (including phenoxy) is 1. The van der Waals surface area contributed by atoms with E-state index < -0.39 is 0 Å². The molecule has 0 spiro atoms. The number of thioether (sulfide) groups is 1. The molecule has 168 valence electrons. The highest BCUT2D eigenvalue weighted by Gasteiger charge is 2.27. The van der Waals surface area contributed by atoms with E-state index in [0.29, 0.717) is 27.5 Å². The third-order valence-corrected chi connectivity index (χ3v) is 6.87. The van der Waals surface area contributed by atoms with Gasteiger partial charge in [0.05, 0.1) is 29.0 Å². The van der Waals surface area contributed by atoms with E-state index in [4.69, 9.17) is 9.72 Å². The number of amides is 1. The first kappa shape index (κ1) is 22.4. The van der Waals surface area contributed by atoms with Gasteiger partial charge in [-0.25, -0.2) is 4.98 Å². The third kappa shape index (κ3) is 4.38. The van der Waals surface area contributed by atoms with E-state index in [9.17, 15) is 9.59 Å². The van der Waals surface area contributed by atoms with Crippen LogP contribution in [0.25, 0.3) is 16.6 Å². The Hall–Kier alpha value is -2.84. The Labute approximate surface area is 192 Å². The number of para-hydroxylation sites is 3. The standard InChI is InChI=1S/C24H28N4O3S/c1-4-26-13-15-27(16-14-26)22(29)17(2)32-24-25-19-10-6-5-9-18(19)23(30)28(24)20-11-7-8-12-21(20)31-3/h5-12,17H,4,13-16H2,1-3H3. The number of methoxy groups -OCH3 is 1. The largest absolute Gasteiger partial charge is 0.495 e. The molecule has 0 bridgehead atoms. The number of hydrogen-bond acceptors (Lipinski definition) is 6. The smallest absolute Gasteiger partial charge is 0.266 e. The summed E-state index contributed by atoms with van der Waals surface area (Å²) in [5.74, 6) is 0.642. The number of hydrogen-bond donors (Lipinski definition) is 0. The Morgan fingerprint density at radius 3 is 2.50 bits per heavy atom. The summed E-state index contributed by atoms with van der Waals surface area (Å²) in [4.78, 5) is 35.7. The van der Waals surface area contributed by atoms with Crippen molar-refractivity contribution in [1.29, 1.82) is 0 Å². The second-order valence-electron chi connectivity index (χ2n) is 7.74. The molecule has 1 amide bonds. The lowest BCUT2D eigenvalue weighted by molar-refractivity contribution is -0.132. The second-order valence-corrected chi connectivity index (χ2v) is 9.05. The normalized spacial score (nSPS) is 15.7. The van der Waals surface area contributed by atoms with Gasteiger partial charge in [0.1, 0.15) is 5.75 Å². The van der Waals surface area contributed by atoms with Crippen LogP contribution in [0.3, 0.4) is 0 Å². The van der Waals surface area contributed by atoms with Crippen LogP contribution in [0.2, 0.25) is 0 Å².